The highest BCUT2D eigenvalue weighted by Crippen LogP contribution is 1.82. The van der Waals surface area contributed by atoms with E-state index in [4.69, 9.17) is 0 Å². The molecule has 0 unspecified atom stereocenters. The van der Waals surface area contributed by atoms with Crippen molar-refractivity contribution >= 4 is 0 Å². The van der Waals surface area contributed by atoms with Crippen LogP contribution in [0.1, 0.15) is 12.8 Å². The van der Waals surface area contributed by atoms with Crippen LogP contribution in [0, 0.1) is 0 Å². The summed E-state index contributed by atoms with van der Waals surface area (Å²) in [5.74, 6) is 0. The fraction of sp³-hybridized carbons (Fsp3) is 1.00. The van der Waals surface area contributed by atoms with Gasteiger partial charge in [0.15, 0.2) is 0 Å². The average molecular weight is 258 g/mol. The smallest absolute Gasteiger partial charge is 0.0489 e. The molecule has 4 N–H and O–H groups in total. The van der Waals surface area contributed by atoms with Crippen LogP contribution < -0.4 is 21.3 Å². The topological polar surface area (TPSA) is 54.6 Å². The second kappa shape index (κ2) is 10.7. The van der Waals surface area contributed by atoms with Crippen molar-refractivity contribution in [3.05, 3.63) is 0 Å². The molecule has 1 aliphatic heterocycles. The fourth-order valence-corrected chi connectivity index (χ4v) is 1.87. The van der Waals surface area contributed by atoms with Crippen LogP contribution in [0.4, 0.5) is 0 Å². The minimum Gasteiger partial charge on any atom is -0.304 e. The first kappa shape index (κ1) is 15.8. The lowest BCUT2D eigenvalue weighted by Gasteiger charge is -2.20. The van der Waals surface area contributed by atoms with Crippen molar-refractivity contribution in [3.8, 4) is 0 Å². The van der Waals surface area contributed by atoms with E-state index in [0.717, 1.165) is 52.9 Å². The first-order valence-corrected chi connectivity index (χ1v) is 6.99. The van der Waals surface area contributed by atoms with Gasteiger partial charge in [-0.25, -0.2) is 0 Å². The normalized spacial score (nSPS) is 25.0. The summed E-state index contributed by atoms with van der Waals surface area (Å²) >= 11 is 0. The van der Waals surface area contributed by atoms with E-state index in [1.165, 1.54) is 12.8 Å². The Morgan fingerprint density at radius 1 is 0.556 bits per heavy atom. The van der Waals surface area contributed by atoms with Gasteiger partial charge in [0.1, 0.15) is 0 Å². The highest BCUT2D eigenvalue weighted by atomic mass is 15.3. The third kappa shape index (κ3) is 8.79. The molecule has 1 saturated heterocycles. The highest BCUT2D eigenvalue weighted by molar-refractivity contribution is 4.56. The van der Waals surface area contributed by atoms with Crippen molar-refractivity contribution in [2.45, 2.75) is 12.8 Å². The molecule has 0 amide bonds. The molecule has 0 aromatic heterocycles. The Kier molecular flexibility index (Phi) is 9.37. The van der Waals surface area contributed by atoms with Gasteiger partial charge in [-0.05, 0) is 53.1 Å². The van der Waals surface area contributed by atoms with Gasteiger partial charge in [0, 0.05) is 26.7 Å². The molecule has 0 radical (unpaired) electrons. The maximum Gasteiger partial charge on any atom is 0.0489 e. The summed E-state index contributed by atoms with van der Waals surface area (Å²) in [6, 6.07) is 0. The number of nitrogens with zero attached hydrogens (tertiary/aromatic N) is 2. The number of nitrogens with one attached hydrogen (secondary N) is 4. The molecular formula is C12H30N6. The molecule has 1 heterocycles. The van der Waals surface area contributed by atoms with Crippen LogP contribution in [-0.2, 0) is 0 Å². The van der Waals surface area contributed by atoms with Gasteiger partial charge in [-0.2, -0.15) is 0 Å². The van der Waals surface area contributed by atoms with Crippen LogP contribution in [0.25, 0.3) is 0 Å². The predicted octanol–water partition coefficient (Wildman–Crippen LogP) is -1.17. The van der Waals surface area contributed by atoms with Gasteiger partial charge in [0.2, 0.25) is 0 Å². The zero-order valence-corrected chi connectivity index (χ0v) is 12.0. The Morgan fingerprint density at radius 2 is 0.833 bits per heavy atom. The summed E-state index contributed by atoms with van der Waals surface area (Å²) < 4.78 is 0. The lowest BCUT2D eigenvalue weighted by atomic mass is 10.4. The minimum absolute atomic E-state index is 0.950. The lowest BCUT2D eigenvalue weighted by molar-refractivity contribution is 0.266. The molecule has 0 spiro atoms. The number of rotatable bonds is 0. The van der Waals surface area contributed by atoms with E-state index in [0.29, 0.717) is 0 Å². The van der Waals surface area contributed by atoms with Gasteiger partial charge in [-0.3, -0.25) is 9.80 Å². The molecule has 18 heavy (non-hydrogen) atoms. The Morgan fingerprint density at radius 3 is 1.11 bits per heavy atom. The lowest BCUT2D eigenvalue weighted by Crippen LogP contribution is -2.41. The summed E-state index contributed by atoms with van der Waals surface area (Å²) in [6.07, 6.45) is 2.34. The molecule has 1 rings (SSSR count). The monoisotopic (exact) mass is 258 g/mol. The van der Waals surface area contributed by atoms with E-state index >= 15 is 0 Å². The van der Waals surface area contributed by atoms with Crippen LogP contribution in [0.15, 0.2) is 0 Å². The van der Waals surface area contributed by atoms with E-state index in [2.05, 4.69) is 45.2 Å². The molecular weight excluding hydrogens is 228 g/mol. The highest BCUT2D eigenvalue weighted by Gasteiger charge is 1.99. The molecule has 0 bridgehead atoms. The molecule has 0 aromatic rings. The van der Waals surface area contributed by atoms with Crippen LogP contribution in [-0.4, -0.2) is 76.7 Å². The molecule has 6 nitrogen and oxygen atoms in total. The van der Waals surface area contributed by atoms with Crippen LogP contribution in [0.3, 0.4) is 0 Å². The van der Waals surface area contributed by atoms with Crippen molar-refractivity contribution in [1.82, 2.24) is 31.1 Å². The molecule has 0 aliphatic carbocycles. The Hall–Kier alpha value is -0.240. The average Bonchev–Trinajstić information content (AvgIpc) is 2.35. The summed E-state index contributed by atoms with van der Waals surface area (Å²) in [6.45, 7) is 8.07. The number of hydrogen-bond acceptors (Lipinski definition) is 6. The molecule has 0 atom stereocenters. The van der Waals surface area contributed by atoms with Gasteiger partial charge >= 0.3 is 0 Å². The molecule has 0 saturated carbocycles. The largest absolute Gasteiger partial charge is 0.304 e. The Balaban J connectivity index is 2.17. The SMILES string of the molecule is CN1CNCCCNCN(C)CNCCCNC1. The maximum atomic E-state index is 3.45. The van der Waals surface area contributed by atoms with Crippen LogP contribution >= 0.6 is 0 Å². The third-order valence-electron chi connectivity index (χ3n) is 2.94. The first-order valence-electron chi connectivity index (χ1n) is 6.99. The zero-order valence-electron chi connectivity index (χ0n) is 12.0. The van der Waals surface area contributed by atoms with Gasteiger partial charge in [0.05, 0.1) is 0 Å². The van der Waals surface area contributed by atoms with Crippen molar-refractivity contribution < 1.29 is 0 Å². The van der Waals surface area contributed by atoms with E-state index in [-0.39, 0.29) is 0 Å². The fourth-order valence-electron chi connectivity index (χ4n) is 1.87. The maximum absolute atomic E-state index is 3.45. The van der Waals surface area contributed by atoms with Crippen LogP contribution in [0.2, 0.25) is 0 Å². The quantitative estimate of drug-likeness (QED) is 0.439. The van der Waals surface area contributed by atoms with E-state index in [1.54, 1.807) is 0 Å². The Bertz CT molecular complexity index is 153. The minimum atomic E-state index is 0.950. The predicted molar refractivity (Wildman–Crippen MR) is 76.2 cm³/mol. The summed E-state index contributed by atoms with van der Waals surface area (Å²) in [5, 5.41) is 13.8. The summed E-state index contributed by atoms with van der Waals surface area (Å²) in [7, 11) is 4.27. The van der Waals surface area contributed by atoms with Crippen LogP contribution in [0.5, 0.6) is 0 Å². The van der Waals surface area contributed by atoms with E-state index < -0.39 is 0 Å². The standard InChI is InChI=1S/C12H30N6/c1-17-9-13-5-3-7-15-11-18(2)12-16-8-4-6-14-10-17/h13-16H,3-12H2,1-2H3. The van der Waals surface area contributed by atoms with Crippen molar-refractivity contribution in [2.24, 2.45) is 0 Å². The molecule has 1 aliphatic rings. The second-order valence-corrected chi connectivity index (χ2v) is 5.05. The van der Waals surface area contributed by atoms with E-state index in [9.17, 15) is 0 Å². The third-order valence-corrected chi connectivity index (χ3v) is 2.94. The zero-order chi connectivity index (χ0) is 13.1. The molecule has 1 fully saturated rings. The van der Waals surface area contributed by atoms with Crippen molar-refractivity contribution in [1.29, 1.82) is 0 Å². The first-order chi connectivity index (χ1) is 8.79. The van der Waals surface area contributed by atoms with E-state index in [1.807, 2.05) is 0 Å². The number of hydrogen-bond donors (Lipinski definition) is 4. The molecule has 6 heteroatoms. The Labute approximate surface area is 111 Å². The second-order valence-electron chi connectivity index (χ2n) is 5.05. The van der Waals surface area contributed by atoms with Gasteiger partial charge in [-0.15, -0.1) is 0 Å². The summed E-state index contributed by atoms with van der Waals surface area (Å²) in [5.41, 5.74) is 0. The summed E-state index contributed by atoms with van der Waals surface area (Å²) in [4.78, 5) is 4.53. The van der Waals surface area contributed by atoms with Gasteiger partial charge in [-0.1, -0.05) is 0 Å². The molecule has 0 aromatic carbocycles. The van der Waals surface area contributed by atoms with Gasteiger partial charge in [0.25, 0.3) is 0 Å². The molecule has 108 valence electrons. The van der Waals surface area contributed by atoms with Crippen molar-refractivity contribution in [3.63, 3.8) is 0 Å². The van der Waals surface area contributed by atoms with Crippen molar-refractivity contribution in [2.75, 3.05) is 66.9 Å². The van der Waals surface area contributed by atoms with Gasteiger partial charge < -0.3 is 21.3 Å².